The first-order chi connectivity index (χ1) is 5.68. The van der Waals surface area contributed by atoms with Crippen LogP contribution in [0.25, 0.3) is 0 Å². The first-order valence-corrected chi connectivity index (χ1v) is 5.07. The van der Waals surface area contributed by atoms with Crippen molar-refractivity contribution >= 4 is 0 Å². The Kier molecular flexibility index (Phi) is 4.02. The van der Waals surface area contributed by atoms with Crippen molar-refractivity contribution in [1.29, 1.82) is 0 Å². The van der Waals surface area contributed by atoms with Gasteiger partial charge >= 0.3 is 0 Å². The van der Waals surface area contributed by atoms with E-state index in [1.807, 2.05) is 6.92 Å². The average Bonchev–Trinajstić information content (AvgIpc) is 2.35. The summed E-state index contributed by atoms with van der Waals surface area (Å²) in [6, 6.07) is 0. The maximum absolute atomic E-state index is 9.02. The van der Waals surface area contributed by atoms with Crippen LogP contribution in [-0.2, 0) is 0 Å². The molecular weight excluding hydrogens is 150 g/mol. The van der Waals surface area contributed by atoms with Gasteiger partial charge < -0.3 is 10.4 Å². The van der Waals surface area contributed by atoms with E-state index in [9.17, 15) is 0 Å². The van der Waals surface area contributed by atoms with Crippen molar-refractivity contribution in [2.75, 3.05) is 13.1 Å². The standard InChI is InChI=1S/C10H21NO/c1-8-3-4-10(5-8)7-11-6-9(2)12/h8-12H,3-7H2,1-2H3/t8?,9-,10?/m0/s1. The van der Waals surface area contributed by atoms with E-state index < -0.39 is 0 Å². The Balaban J connectivity index is 2.00. The van der Waals surface area contributed by atoms with E-state index in [1.165, 1.54) is 19.3 Å². The summed E-state index contributed by atoms with van der Waals surface area (Å²) in [5.74, 6) is 1.78. The van der Waals surface area contributed by atoms with Crippen molar-refractivity contribution in [2.45, 2.75) is 39.2 Å². The molecule has 2 nitrogen and oxygen atoms in total. The minimum atomic E-state index is -0.205. The zero-order valence-electron chi connectivity index (χ0n) is 8.21. The van der Waals surface area contributed by atoms with Crippen LogP contribution in [0.3, 0.4) is 0 Å². The van der Waals surface area contributed by atoms with E-state index in [0.29, 0.717) is 0 Å². The molecule has 3 atom stereocenters. The van der Waals surface area contributed by atoms with Gasteiger partial charge in [-0.2, -0.15) is 0 Å². The van der Waals surface area contributed by atoms with Crippen LogP contribution in [0, 0.1) is 11.8 Å². The van der Waals surface area contributed by atoms with E-state index in [-0.39, 0.29) is 6.10 Å². The first kappa shape index (κ1) is 10.0. The Hall–Kier alpha value is -0.0800. The van der Waals surface area contributed by atoms with Crippen LogP contribution in [-0.4, -0.2) is 24.3 Å². The largest absolute Gasteiger partial charge is 0.392 e. The minimum absolute atomic E-state index is 0.205. The summed E-state index contributed by atoms with van der Waals surface area (Å²) >= 11 is 0. The van der Waals surface area contributed by atoms with Gasteiger partial charge in [0.05, 0.1) is 6.10 Å². The van der Waals surface area contributed by atoms with Gasteiger partial charge in [-0.05, 0) is 38.1 Å². The second kappa shape index (κ2) is 4.83. The smallest absolute Gasteiger partial charge is 0.0636 e. The topological polar surface area (TPSA) is 32.3 Å². The van der Waals surface area contributed by atoms with Crippen LogP contribution >= 0.6 is 0 Å². The molecule has 0 spiro atoms. The highest BCUT2D eigenvalue weighted by Crippen LogP contribution is 2.29. The van der Waals surface area contributed by atoms with Gasteiger partial charge in [-0.25, -0.2) is 0 Å². The van der Waals surface area contributed by atoms with Crippen LogP contribution in [0.1, 0.15) is 33.1 Å². The van der Waals surface area contributed by atoms with Gasteiger partial charge in [0, 0.05) is 6.54 Å². The van der Waals surface area contributed by atoms with Crippen molar-refractivity contribution < 1.29 is 5.11 Å². The lowest BCUT2D eigenvalue weighted by molar-refractivity contribution is 0.189. The molecule has 1 saturated carbocycles. The molecule has 2 unspecified atom stereocenters. The summed E-state index contributed by atoms with van der Waals surface area (Å²) in [5, 5.41) is 12.3. The molecule has 12 heavy (non-hydrogen) atoms. The molecule has 0 aromatic heterocycles. The number of aliphatic hydroxyl groups excluding tert-OH is 1. The molecule has 72 valence electrons. The van der Waals surface area contributed by atoms with Crippen molar-refractivity contribution in [3.63, 3.8) is 0 Å². The Morgan fingerprint density at radius 3 is 2.75 bits per heavy atom. The van der Waals surface area contributed by atoms with Crippen molar-refractivity contribution in [3.8, 4) is 0 Å². The monoisotopic (exact) mass is 171 g/mol. The highest BCUT2D eigenvalue weighted by atomic mass is 16.3. The van der Waals surface area contributed by atoms with E-state index >= 15 is 0 Å². The number of rotatable bonds is 4. The lowest BCUT2D eigenvalue weighted by Crippen LogP contribution is -2.28. The quantitative estimate of drug-likeness (QED) is 0.670. The van der Waals surface area contributed by atoms with Crippen molar-refractivity contribution in [1.82, 2.24) is 5.32 Å². The van der Waals surface area contributed by atoms with Crippen LogP contribution in [0.2, 0.25) is 0 Å². The molecule has 1 rings (SSSR count). The molecule has 1 aliphatic carbocycles. The van der Waals surface area contributed by atoms with Crippen LogP contribution in [0.5, 0.6) is 0 Å². The third-order valence-corrected chi connectivity index (χ3v) is 2.68. The Labute approximate surface area is 75.4 Å². The van der Waals surface area contributed by atoms with E-state index in [0.717, 1.165) is 24.9 Å². The third-order valence-electron chi connectivity index (χ3n) is 2.68. The van der Waals surface area contributed by atoms with Gasteiger partial charge in [0.15, 0.2) is 0 Å². The maximum atomic E-state index is 9.02. The summed E-state index contributed by atoms with van der Waals surface area (Å²) in [6.45, 7) is 5.99. The molecule has 0 radical (unpaired) electrons. The number of hydrogen-bond acceptors (Lipinski definition) is 2. The second-order valence-electron chi connectivity index (χ2n) is 4.29. The van der Waals surface area contributed by atoms with Gasteiger partial charge in [-0.1, -0.05) is 13.3 Å². The van der Waals surface area contributed by atoms with Gasteiger partial charge in [0.2, 0.25) is 0 Å². The Morgan fingerprint density at radius 1 is 1.50 bits per heavy atom. The molecule has 0 aliphatic heterocycles. The summed E-state index contributed by atoms with van der Waals surface area (Å²) in [5.41, 5.74) is 0. The summed E-state index contributed by atoms with van der Waals surface area (Å²) in [4.78, 5) is 0. The van der Waals surface area contributed by atoms with Crippen LogP contribution in [0.15, 0.2) is 0 Å². The highest BCUT2D eigenvalue weighted by molar-refractivity contribution is 4.74. The molecular formula is C10H21NO. The molecule has 0 amide bonds. The molecule has 0 saturated heterocycles. The maximum Gasteiger partial charge on any atom is 0.0636 e. The highest BCUT2D eigenvalue weighted by Gasteiger charge is 2.20. The molecule has 0 aromatic rings. The number of hydrogen-bond donors (Lipinski definition) is 2. The lowest BCUT2D eigenvalue weighted by atomic mass is 10.1. The Bertz CT molecular complexity index is 125. The molecule has 2 N–H and O–H groups in total. The van der Waals surface area contributed by atoms with E-state index in [4.69, 9.17) is 5.11 Å². The first-order valence-electron chi connectivity index (χ1n) is 5.07. The van der Waals surface area contributed by atoms with Gasteiger partial charge in [0.1, 0.15) is 0 Å². The van der Waals surface area contributed by atoms with Gasteiger partial charge in [-0.15, -0.1) is 0 Å². The fourth-order valence-corrected chi connectivity index (χ4v) is 2.01. The van der Waals surface area contributed by atoms with Crippen molar-refractivity contribution in [3.05, 3.63) is 0 Å². The third kappa shape index (κ3) is 3.55. The zero-order valence-corrected chi connectivity index (χ0v) is 8.21. The SMILES string of the molecule is CC1CCC(CNC[C@H](C)O)C1. The number of aliphatic hydroxyl groups is 1. The lowest BCUT2D eigenvalue weighted by Gasteiger charge is -2.11. The normalized spacial score (nSPS) is 32.2. The van der Waals surface area contributed by atoms with Crippen LogP contribution in [0.4, 0.5) is 0 Å². The predicted molar refractivity (Wildman–Crippen MR) is 51.1 cm³/mol. The molecule has 1 aliphatic rings. The average molecular weight is 171 g/mol. The fourth-order valence-electron chi connectivity index (χ4n) is 2.01. The fraction of sp³-hybridized carbons (Fsp3) is 1.00. The van der Waals surface area contributed by atoms with Gasteiger partial charge in [0.25, 0.3) is 0 Å². The van der Waals surface area contributed by atoms with E-state index in [1.54, 1.807) is 0 Å². The molecule has 0 bridgehead atoms. The summed E-state index contributed by atoms with van der Waals surface area (Å²) in [6.07, 6.45) is 3.92. The Morgan fingerprint density at radius 2 is 2.25 bits per heavy atom. The second-order valence-corrected chi connectivity index (χ2v) is 4.29. The number of nitrogens with one attached hydrogen (secondary N) is 1. The van der Waals surface area contributed by atoms with Crippen molar-refractivity contribution in [2.24, 2.45) is 11.8 Å². The minimum Gasteiger partial charge on any atom is -0.392 e. The predicted octanol–water partition coefficient (Wildman–Crippen LogP) is 1.39. The van der Waals surface area contributed by atoms with E-state index in [2.05, 4.69) is 12.2 Å². The molecule has 1 fully saturated rings. The molecule has 0 aromatic carbocycles. The van der Waals surface area contributed by atoms with Crippen LogP contribution < -0.4 is 5.32 Å². The summed E-state index contributed by atoms with van der Waals surface area (Å²) < 4.78 is 0. The molecule has 0 heterocycles. The zero-order chi connectivity index (χ0) is 8.97. The molecule has 2 heteroatoms. The van der Waals surface area contributed by atoms with Gasteiger partial charge in [-0.3, -0.25) is 0 Å². The summed E-state index contributed by atoms with van der Waals surface area (Å²) in [7, 11) is 0.